The minimum atomic E-state index is -0.181. The molecule has 1 N–H and O–H groups in total. The number of nitrogens with one attached hydrogen (secondary N) is 1. The normalized spacial score (nSPS) is 15.6. The standard InChI is InChI=1S/C12H15BrN4O2/c1-14-11-9(5-8(13)6-15-11)12(19)17-4-3-16(2)10(18)7-17/h5-6H,3-4,7H2,1-2H3,(H,14,15). The van der Waals surface area contributed by atoms with Gasteiger partial charge in [0.1, 0.15) is 12.4 Å². The van der Waals surface area contributed by atoms with Gasteiger partial charge in [-0.05, 0) is 22.0 Å². The molecule has 1 saturated heterocycles. The van der Waals surface area contributed by atoms with Gasteiger partial charge in [-0.15, -0.1) is 0 Å². The number of pyridine rings is 1. The summed E-state index contributed by atoms with van der Waals surface area (Å²) in [4.78, 5) is 31.4. The molecule has 0 spiro atoms. The number of rotatable bonds is 2. The van der Waals surface area contributed by atoms with Crippen molar-refractivity contribution >= 4 is 33.6 Å². The zero-order valence-corrected chi connectivity index (χ0v) is 12.4. The van der Waals surface area contributed by atoms with Crippen LogP contribution in [0.3, 0.4) is 0 Å². The Morgan fingerprint density at radius 3 is 2.84 bits per heavy atom. The molecular weight excluding hydrogens is 312 g/mol. The minimum Gasteiger partial charge on any atom is -0.372 e. The number of aromatic nitrogens is 1. The van der Waals surface area contributed by atoms with E-state index in [4.69, 9.17) is 0 Å². The molecule has 7 heteroatoms. The predicted octanol–water partition coefficient (Wildman–Crippen LogP) is 0.800. The van der Waals surface area contributed by atoms with E-state index in [0.717, 1.165) is 4.47 Å². The fraction of sp³-hybridized carbons (Fsp3) is 0.417. The van der Waals surface area contributed by atoms with Gasteiger partial charge in [0.2, 0.25) is 5.91 Å². The molecule has 102 valence electrons. The number of nitrogens with zero attached hydrogens (tertiary/aromatic N) is 3. The molecule has 2 heterocycles. The minimum absolute atomic E-state index is 0.0476. The Morgan fingerprint density at radius 2 is 2.21 bits per heavy atom. The number of amides is 2. The smallest absolute Gasteiger partial charge is 0.258 e. The number of hydrogen-bond donors (Lipinski definition) is 1. The maximum absolute atomic E-state index is 12.4. The molecule has 0 atom stereocenters. The van der Waals surface area contributed by atoms with Crippen LogP contribution in [0.25, 0.3) is 0 Å². The third-order valence-electron chi connectivity index (χ3n) is 3.07. The highest BCUT2D eigenvalue weighted by molar-refractivity contribution is 9.10. The van der Waals surface area contributed by atoms with E-state index in [9.17, 15) is 9.59 Å². The first-order chi connectivity index (χ1) is 9.02. The molecule has 19 heavy (non-hydrogen) atoms. The lowest BCUT2D eigenvalue weighted by Gasteiger charge is -2.32. The van der Waals surface area contributed by atoms with Gasteiger partial charge in [0.05, 0.1) is 5.56 Å². The Morgan fingerprint density at radius 1 is 1.47 bits per heavy atom. The molecule has 0 unspecified atom stereocenters. The van der Waals surface area contributed by atoms with E-state index >= 15 is 0 Å². The van der Waals surface area contributed by atoms with Crippen molar-refractivity contribution in [1.29, 1.82) is 0 Å². The van der Waals surface area contributed by atoms with E-state index in [-0.39, 0.29) is 18.4 Å². The van der Waals surface area contributed by atoms with Gasteiger partial charge in [-0.2, -0.15) is 0 Å². The second kappa shape index (κ2) is 5.56. The summed E-state index contributed by atoms with van der Waals surface area (Å²) in [6.45, 7) is 1.21. The number of piperazine rings is 1. The second-order valence-corrected chi connectivity index (χ2v) is 5.26. The first-order valence-electron chi connectivity index (χ1n) is 5.89. The molecular formula is C12H15BrN4O2. The second-order valence-electron chi connectivity index (χ2n) is 4.34. The molecule has 0 bridgehead atoms. The van der Waals surface area contributed by atoms with Gasteiger partial charge < -0.3 is 15.1 Å². The summed E-state index contributed by atoms with van der Waals surface area (Å²) in [5.74, 6) is 0.285. The lowest BCUT2D eigenvalue weighted by molar-refractivity contribution is -0.133. The fourth-order valence-electron chi connectivity index (χ4n) is 1.90. The third kappa shape index (κ3) is 2.86. The summed E-state index contributed by atoms with van der Waals surface area (Å²) in [6, 6.07) is 1.71. The number of anilines is 1. The van der Waals surface area contributed by atoms with Gasteiger partial charge in [-0.25, -0.2) is 4.98 Å². The highest BCUT2D eigenvalue weighted by atomic mass is 79.9. The highest BCUT2D eigenvalue weighted by Crippen LogP contribution is 2.20. The lowest BCUT2D eigenvalue weighted by Crippen LogP contribution is -2.50. The van der Waals surface area contributed by atoms with Gasteiger partial charge >= 0.3 is 0 Å². The van der Waals surface area contributed by atoms with Gasteiger partial charge in [-0.1, -0.05) is 0 Å². The molecule has 0 aliphatic carbocycles. The molecule has 2 rings (SSSR count). The Labute approximate surface area is 119 Å². The van der Waals surface area contributed by atoms with E-state index in [0.29, 0.717) is 24.5 Å². The number of carbonyl (C=O) groups is 2. The van der Waals surface area contributed by atoms with Crippen molar-refractivity contribution in [1.82, 2.24) is 14.8 Å². The van der Waals surface area contributed by atoms with Crippen molar-refractivity contribution in [2.75, 3.05) is 39.0 Å². The molecule has 1 aliphatic rings. The SMILES string of the molecule is CNc1ncc(Br)cc1C(=O)N1CCN(C)C(=O)C1. The van der Waals surface area contributed by atoms with E-state index in [1.54, 1.807) is 36.2 Å². The molecule has 2 amide bonds. The van der Waals surface area contributed by atoms with Crippen LogP contribution in [0.4, 0.5) is 5.82 Å². The fourth-order valence-corrected chi connectivity index (χ4v) is 2.23. The molecule has 6 nitrogen and oxygen atoms in total. The van der Waals surface area contributed by atoms with Crippen LogP contribution in [0, 0.1) is 0 Å². The maximum atomic E-state index is 12.4. The van der Waals surface area contributed by atoms with Crippen LogP contribution in [0.5, 0.6) is 0 Å². The molecule has 1 aromatic rings. The van der Waals surface area contributed by atoms with Crippen molar-refractivity contribution in [3.63, 3.8) is 0 Å². The van der Waals surface area contributed by atoms with E-state index in [1.807, 2.05) is 0 Å². The predicted molar refractivity (Wildman–Crippen MR) is 75.0 cm³/mol. The van der Waals surface area contributed by atoms with Gasteiger partial charge in [0.25, 0.3) is 5.91 Å². The van der Waals surface area contributed by atoms with Crippen LogP contribution < -0.4 is 5.32 Å². The topological polar surface area (TPSA) is 65.5 Å². The first kappa shape index (κ1) is 13.8. The van der Waals surface area contributed by atoms with Crippen molar-refractivity contribution in [3.05, 3.63) is 22.3 Å². The summed E-state index contributed by atoms with van der Waals surface area (Å²) < 4.78 is 0.732. The van der Waals surface area contributed by atoms with Crippen LogP contribution in [0.15, 0.2) is 16.7 Å². The number of carbonyl (C=O) groups excluding carboxylic acids is 2. The number of halogens is 1. The Hall–Kier alpha value is -1.63. The molecule has 0 aromatic carbocycles. The van der Waals surface area contributed by atoms with Crippen LogP contribution in [-0.4, -0.2) is 60.3 Å². The summed E-state index contributed by atoms with van der Waals surface area (Å²) in [5, 5.41) is 2.89. The number of likely N-dealkylation sites (N-methyl/N-ethyl adjacent to an activating group) is 1. The van der Waals surface area contributed by atoms with Crippen LogP contribution in [0.2, 0.25) is 0 Å². The first-order valence-corrected chi connectivity index (χ1v) is 6.68. The summed E-state index contributed by atoms with van der Waals surface area (Å²) in [6.07, 6.45) is 1.62. The van der Waals surface area contributed by atoms with Crippen molar-refractivity contribution in [3.8, 4) is 0 Å². The summed E-state index contributed by atoms with van der Waals surface area (Å²) in [7, 11) is 3.45. The average molecular weight is 327 g/mol. The summed E-state index contributed by atoms with van der Waals surface area (Å²) in [5.41, 5.74) is 0.467. The Kier molecular flexibility index (Phi) is 4.04. The molecule has 1 aliphatic heterocycles. The van der Waals surface area contributed by atoms with Crippen molar-refractivity contribution in [2.45, 2.75) is 0 Å². The van der Waals surface area contributed by atoms with Gasteiger partial charge in [0, 0.05) is 37.9 Å². The quantitative estimate of drug-likeness (QED) is 0.873. The Balaban J connectivity index is 2.24. The van der Waals surface area contributed by atoms with Crippen LogP contribution in [0.1, 0.15) is 10.4 Å². The molecule has 0 saturated carbocycles. The molecule has 1 aromatic heterocycles. The van der Waals surface area contributed by atoms with Gasteiger partial charge in [-0.3, -0.25) is 9.59 Å². The zero-order valence-electron chi connectivity index (χ0n) is 10.8. The van der Waals surface area contributed by atoms with Crippen molar-refractivity contribution < 1.29 is 9.59 Å². The highest BCUT2D eigenvalue weighted by Gasteiger charge is 2.27. The van der Waals surface area contributed by atoms with Crippen molar-refractivity contribution in [2.24, 2.45) is 0 Å². The summed E-state index contributed by atoms with van der Waals surface area (Å²) >= 11 is 3.30. The largest absolute Gasteiger partial charge is 0.372 e. The lowest BCUT2D eigenvalue weighted by atomic mass is 10.2. The van der Waals surface area contributed by atoms with Gasteiger partial charge in [0.15, 0.2) is 0 Å². The molecule has 1 fully saturated rings. The molecule has 0 radical (unpaired) electrons. The third-order valence-corrected chi connectivity index (χ3v) is 3.50. The number of hydrogen-bond acceptors (Lipinski definition) is 4. The monoisotopic (exact) mass is 326 g/mol. The van der Waals surface area contributed by atoms with Crippen LogP contribution >= 0.6 is 15.9 Å². The van der Waals surface area contributed by atoms with E-state index < -0.39 is 0 Å². The van der Waals surface area contributed by atoms with E-state index in [2.05, 4.69) is 26.2 Å². The van der Waals surface area contributed by atoms with Crippen LogP contribution in [-0.2, 0) is 4.79 Å². The average Bonchev–Trinajstić information content (AvgIpc) is 2.41. The maximum Gasteiger partial charge on any atom is 0.258 e. The zero-order chi connectivity index (χ0) is 14.0. The Bertz CT molecular complexity index is 520. The van der Waals surface area contributed by atoms with E-state index in [1.165, 1.54) is 0 Å².